The van der Waals surface area contributed by atoms with E-state index in [0.717, 1.165) is 62.3 Å². The fourth-order valence-electron chi connectivity index (χ4n) is 4.05. The van der Waals surface area contributed by atoms with E-state index < -0.39 is 0 Å². The summed E-state index contributed by atoms with van der Waals surface area (Å²) in [7, 11) is 0. The summed E-state index contributed by atoms with van der Waals surface area (Å²) in [6, 6.07) is 20.6. The molecule has 1 aromatic heterocycles. The van der Waals surface area contributed by atoms with Gasteiger partial charge in [0.15, 0.2) is 0 Å². The molecule has 1 N–H and O–H groups in total. The predicted molar refractivity (Wildman–Crippen MR) is 125 cm³/mol. The number of hydrogen-bond donors (Lipinski definition) is 1. The van der Waals surface area contributed by atoms with Gasteiger partial charge in [0.2, 0.25) is 0 Å². The quantitative estimate of drug-likeness (QED) is 0.488. The van der Waals surface area contributed by atoms with Crippen LogP contribution in [0.2, 0.25) is 0 Å². The second kappa shape index (κ2) is 10.6. The summed E-state index contributed by atoms with van der Waals surface area (Å²) in [5.41, 5.74) is 5.14. The van der Waals surface area contributed by atoms with Crippen LogP contribution in [0.15, 0.2) is 66.9 Å². The van der Waals surface area contributed by atoms with Gasteiger partial charge >= 0.3 is 0 Å². The molecule has 0 radical (unpaired) electrons. The number of carbonyl (C=O) groups excluding carboxylic acids is 1. The Kier molecular flexibility index (Phi) is 7.16. The average Bonchev–Trinajstić information content (AvgIpc) is 2.83. The molecule has 2 heterocycles. The van der Waals surface area contributed by atoms with Crippen molar-refractivity contribution >= 4 is 17.8 Å². The monoisotopic (exact) mass is 415 g/mol. The molecule has 0 bridgehead atoms. The molecule has 4 rings (SSSR count). The number of aldehydes is 1. The van der Waals surface area contributed by atoms with Gasteiger partial charge in [-0.3, -0.25) is 0 Å². The number of aryl methyl sites for hydroxylation is 1. The molecule has 0 unspecified atom stereocenters. The third-order valence-electron chi connectivity index (χ3n) is 5.65. The number of aromatic nitrogens is 1. The molecule has 5 heteroatoms. The summed E-state index contributed by atoms with van der Waals surface area (Å²) in [5, 5.41) is 3.45. The molecule has 0 spiro atoms. The van der Waals surface area contributed by atoms with Gasteiger partial charge in [0.25, 0.3) is 0 Å². The largest absolute Gasteiger partial charge is 0.492 e. The Morgan fingerprint density at radius 2 is 1.97 bits per heavy atom. The third kappa shape index (κ3) is 5.63. The SMILES string of the molecule is O=CCCc1ccc(NCc2cccc3c2CCCN3CCOc2ccccc2)nc1. The first-order valence-corrected chi connectivity index (χ1v) is 11.0. The first-order chi connectivity index (χ1) is 15.3. The van der Waals surface area contributed by atoms with Crippen molar-refractivity contribution in [1.29, 1.82) is 0 Å². The summed E-state index contributed by atoms with van der Waals surface area (Å²) in [6.07, 6.45) is 6.33. The smallest absolute Gasteiger partial charge is 0.126 e. The number of hydrogen-bond acceptors (Lipinski definition) is 5. The van der Waals surface area contributed by atoms with Crippen molar-refractivity contribution in [3.63, 3.8) is 0 Å². The highest BCUT2D eigenvalue weighted by Gasteiger charge is 2.19. The number of pyridine rings is 1. The number of fused-ring (bicyclic) bond motifs is 1. The van der Waals surface area contributed by atoms with Crippen molar-refractivity contribution in [1.82, 2.24) is 4.98 Å². The van der Waals surface area contributed by atoms with Crippen molar-refractivity contribution in [3.05, 3.63) is 83.6 Å². The number of nitrogens with one attached hydrogen (secondary N) is 1. The molecule has 0 atom stereocenters. The molecule has 0 fully saturated rings. The van der Waals surface area contributed by atoms with Crippen molar-refractivity contribution in [3.8, 4) is 5.75 Å². The maximum Gasteiger partial charge on any atom is 0.126 e. The van der Waals surface area contributed by atoms with E-state index in [1.807, 2.05) is 48.7 Å². The minimum atomic E-state index is 0.539. The molecular weight excluding hydrogens is 386 g/mol. The van der Waals surface area contributed by atoms with Crippen molar-refractivity contribution < 1.29 is 9.53 Å². The Balaban J connectivity index is 1.36. The molecule has 0 aliphatic carbocycles. The fraction of sp³-hybridized carbons (Fsp3) is 0.308. The van der Waals surface area contributed by atoms with Gasteiger partial charge in [-0.2, -0.15) is 0 Å². The van der Waals surface area contributed by atoms with E-state index in [2.05, 4.69) is 33.4 Å². The number of ether oxygens (including phenoxy) is 1. The lowest BCUT2D eigenvalue weighted by molar-refractivity contribution is -0.107. The third-order valence-corrected chi connectivity index (χ3v) is 5.65. The summed E-state index contributed by atoms with van der Waals surface area (Å²) < 4.78 is 5.91. The zero-order valence-electron chi connectivity index (χ0n) is 17.8. The average molecular weight is 416 g/mol. The normalized spacial score (nSPS) is 12.8. The molecule has 0 saturated carbocycles. The van der Waals surface area contributed by atoms with Gasteiger partial charge in [0.1, 0.15) is 24.5 Å². The van der Waals surface area contributed by atoms with Crippen molar-refractivity contribution in [2.75, 3.05) is 29.9 Å². The highest BCUT2D eigenvalue weighted by Crippen LogP contribution is 2.30. The zero-order valence-corrected chi connectivity index (χ0v) is 17.8. The van der Waals surface area contributed by atoms with Crippen LogP contribution >= 0.6 is 0 Å². The lowest BCUT2D eigenvalue weighted by Crippen LogP contribution is -2.33. The zero-order chi connectivity index (χ0) is 21.3. The highest BCUT2D eigenvalue weighted by molar-refractivity contribution is 5.59. The number of benzene rings is 2. The highest BCUT2D eigenvalue weighted by atomic mass is 16.5. The first kappa shape index (κ1) is 20.9. The number of carbonyl (C=O) groups is 1. The Labute approximate surface area is 184 Å². The number of rotatable bonds is 10. The summed E-state index contributed by atoms with van der Waals surface area (Å²) in [5.74, 6) is 1.78. The van der Waals surface area contributed by atoms with Gasteiger partial charge in [-0.05, 0) is 60.2 Å². The van der Waals surface area contributed by atoms with Gasteiger partial charge in [-0.25, -0.2) is 4.98 Å². The van der Waals surface area contributed by atoms with Gasteiger partial charge in [0, 0.05) is 31.4 Å². The van der Waals surface area contributed by atoms with E-state index in [-0.39, 0.29) is 0 Å². The molecular formula is C26H29N3O2. The van der Waals surface area contributed by atoms with Crippen LogP contribution in [0.3, 0.4) is 0 Å². The van der Waals surface area contributed by atoms with Gasteiger partial charge in [-0.15, -0.1) is 0 Å². The summed E-state index contributed by atoms with van der Waals surface area (Å²) >= 11 is 0. The summed E-state index contributed by atoms with van der Waals surface area (Å²) in [6.45, 7) is 3.36. The first-order valence-electron chi connectivity index (χ1n) is 11.0. The van der Waals surface area contributed by atoms with Crippen LogP contribution in [0.1, 0.15) is 29.5 Å². The van der Waals surface area contributed by atoms with Crippen LogP contribution < -0.4 is 15.0 Å². The van der Waals surface area contributed by atoms with E-state index in [4.69, 9.17) is 4.74 Å². The maximum atomic E-state index is 10.5. The molecule has 31 heavy (non-hydrogen) atoms. The Morgan fingerprint density at radius 3 is 2.77 bits per heavy atom. The fourth-order valence-corrected chi connectivity index (χ4v) is 4.05. The molecule has 1 aliphatic rings. The number of anilines is 2. The minimum Gasteiger partial charge on any atom is -0.492 e. The number of nitrogens with zero attached hydrogens (tertiary/aromatic N) is 2. The van der Waals surface area contributed by atoms with E-state index in [0.29, 0.717) is 13.0 Å². The second-order valence-corrected chi connectivity index (χ2v) is 7.78. The maximum absolute atomic E-state index is 10.5. The van der Waals surface area contributed by atoms with Crippen molar-refractivity contribution in [2.45, 2.75) is 32.2 Å². The molecule has 1 aliphatic heterocycles. The van der Waals surface area contributed by atoms with Crippen molar-refractivity contribution in [2.24, 2.45) is 0 Å². The van der Waals surface area contributed by atoms with Crippen LogP contribution in [0.25, 0.3) is 0 Å². The van der Waals surface area contributed by atoms with Gasteiger partial charge < -0.3 is 19.7 Å². The predicted octanol–water partition coefficient (Wildman–Crippen LogP) is 4.66. The van der Waals surface area contributed by atoms with E-state index in [1.165, 1.54) is 16.8 Å². The Hall–Kier alpha value is -3.34. The molecule has 0 amide bonds. The lowest BCUT2D eigenvalue weighted by Gasteiger charge is -2.32. The van der Waals surface area contributed by atoms with Crippen LogP contribution in [-0.2, 0) is 24.2 Å². The standard InChI is InChI=1S/C26H29N3O2/c30-17-6-7-21-13-14-26(27-19-21)28-20-22-8-4-12-25-24(22)11-5-15-29(25)16-18-31-23-9-2-1-3-10-23/h1-4,8-10,12-14,17,19H,5-7,11,15-16,18,20H2,(H,27,28). The van der Waals surface area contributed by atoms with Crippen LogP contribution in [-0.4, -0.2) is 31.0 Å². The topological polar surface area (TPSA) is 54.5 Å². The lowest BCUT2D eigenvalue weighted by atomic mass is 9.96. The summed E-state index contributed by atoms with van der Waals surface area (Å²) in [4.78, 5) is 17.4. The molecule has 2 aromatic carbocycles. The van der Waals surface area contributed by atoms with Crippen LogP contribution in [0, 0.1) is 0 Å². The van der Waals surface area contributed by atoms with E-state index in [1.54, 1.807) is 0 Å². The molecule has 3 aromatic rings. The minimum absolute atomic E-state index is 0.539. The van der Waals surface area contributed by atoms with E-state index in [9.17, 15) is 4.79 Å². The van der Waals surface area contributed by atoms with Crippen LogP contribution in [0.5, 0.6) is 5.75 Å². The van der Waals surface area contributed by atoms with E-state index >= 15 is 0 Å². The molecule has 160 valence electrons. The second-order valence-electron chi connectivity index (χ2n) is 7.78. The van der Waals surface area contributed by atoms with Gasteiger partial charge in [0.05, 0.1) is 6.54 Å². The molecule has 5 nitrogen and oxygen atoms in total. The van der Waals surface area contributed by atoms with Gasteiger partial charge in [-0.1, -0.05) is 36.4 Å². The Morgan fingerprint density at radius 1 is 1.06 bits per heavy atom. The van der Waals surface area contributed by atoms with Crippen LogP contribution in [0.4, 0.5) is 11.5 Å². The number of para-hydroxylation sites is 1. The molecule has 0 saturated heterocycles. The Bertz CT molecular complexity index is 974.